The van der Waals surface area contributed by atoms with Crippen molar-refractivity contribution in [2.24, 2.45) is 5.92 Å². The van der Waals surface area contributed by atoms with E-state index in [1.54, 1.807) is 18.2 Å². The standard InChI is InChI=1S/C13H13BrClN3OS/c1-7(2)6-10-17-18-13(20-10)16-12(19)8-4-3-5-9(14)11(8)15/h3-5,7H,6H2,1-2H3,(H,16,18,19). The number of carbonyl (C=O) groups excluding carboxylic acids is 1. The predicted octanol–water partition coefficient (Wildman–Crippen LogP) is 4.40. The predicted molar refractivity (Wildman–Crippen MR) is 85.6 cm³/mol. The summed E-state index contributed by atoms with van der Waals surface area (Å²) in [6.45, 7) is 4.22. The van der Waals surface area contributed by atoms with Crippen LogP contribution in [0.15, 0.2) is 22.7 Å². The summed E-state index contributed by atoms with van der Waals surface area (Å²) in [5.41, 5.74) is 0.404. The normalized spacial score (nSPS) is 10.8. The molecule has 1 N–H and O–H groups in total. The summed E-state index contributed by atoms with van der Waals surface area (Å²) in [5.74, 6) is 0.217. The third kappa shape index (κ3) is 3.77. The Labute approximate surface area is 134 Å². The van der Waals surface area contributed by atoms with E-state index in [4.69, 9.17) is 11.6 Å². The Balaban J connectivity index is 2.11. The number of aromatic nitrogens is 2. The maximum Gasteiger partial charge on any atom is 0.259 e. The van der Waals surface area contributed by atoms with Crippen LogP contribution in [-0.2, 0) is 6.42 Å². The van der Waals surface area contributed by atoms with E-state index in [0.717, 1.165) is 11.4 Å². The van der Waals surface area contributed by atoms with E-state index < -0.39 is 0 Å². The molecule has 1 aromatic carbocycles. The molecule has 1 amide bonds. The first-order valence-electron chi connectivity index (χ1n) is 6.05. The fourth-order valence-corrected chi connectivity index (χ4v) is 3.10. The molecule has 2 rings (SSSR count). The van der Waals surface area contributed by atoms with Gasteiger partial charge in [0.15, 0.2) is 0 Å². The lowest BCUT2D eigenvalue weighted by Gasteiger charge is -2.04. The van der Waals surface area contributed by atoms with Gasteiger partial charge in [-0.2, -0.15) is 0 Å². The second-order valence-electron chi connectivity index (χ2n) is 4.65. The molecule has 0 saturated carbocycles. The van der Waals surface area contributed by atoms with Crippen molar-refractivity contribution in [3.8, 4) is 0 Å². The third-order valence-corrected chi connectivity index (χ3v) is 4.62. The monoisotopic (exact) mass is 373 g/mol. The summed E-state index contributed by atoms with van der Waals surface area (Å²) >= 11 is 10.8. The van der Waals surface area contributed by atoms with Gasteiger partial charge < -0.3 is 0 Å². The summed E-state index contributed by atoms with van der Waals surface area (Å²) in [7, 11) is 0. The zero-order valence-corrected chi connectivity index (χ0v) is 14.1. The second kappa shape index (κ2) is 6.65. The molecule has 7 heteroatoms. The van der Waals surface area contributed by atoms with Crippen molar-refractivity contribution in [3.05, 3.63) is 38.3 Å². The molecule has 0 aliphatic rings. The first kappa shape index (κ1) is 15.4. The van der Waals surface area contributed by atoms with Crippen molar-refractivity contribution in [1.29, 1.82) is 0 Å². The molecule has 2 aromatic rings. The van der Waals surface area contributed by atoms with Crippen LogP contribution in [0.1, 0.15) is 29.2 Å². The molecule has 106 valence electrons. The summed E-state index contributed by atoms with van der Waals surface area (Å²) in [4.78, 5) is 12.1. The number of benzene rings is 1. The number of nitrogens with one attached hydrogen (secondary N) is 1. The van der Waals surface area contributed by atoms with Crippen molar-refractivity contribution >= 4 is 49.9 Å². The fourth-order valence-electron chi connectivity index (χ4n) is 1.58. The number of amides is 1. The van der Waals surface area contributed by atoms with Crippen LogP contribution >= 0.6 is 38.9 Å². The SMILES string of the molecule is CC(C)Cc1nnc(NC(=O)c2cccc(Br)c2Cl)s1. The second-order valence-corrected chi connectivity index (χ2v) is 6.95. The third-order valence-electron chi connectivity index (χ3n) is 2.47. The summed E-state index contributed by atoms with van der Waals surface area (Å²) in [5, 5.41) is 12.5. The molecule has 0 radical (unpaired) electrons. The maximum absolute atomic E-state index is 12.1. The van der Waals surface area contributed by atoms with Gasteiger partial charge >= 0.3 is 0 Å². The summed E-state index contributed by atoms with van der Waals surface area (Å²) < 4.78 is 0.685. The largest absolute Gasteiger partial charge is 0.296 e. The number of hydrogen-bond donors (Lipinski definition) is 1. The maximum atomic E-state index is 12.1. The minimum Gasteiger partial charge on any atom is -0.296 e. The van der Waals surface area contributed by atoms with Crippen molar-refractivity contribution in [2.75, 3.05) is 5.32 Å². The number of hydrogen-bond acceptors (Lipinski definition) is 4. The van der Waals surface area contributed by atoms with Crippen LogP contribution in [0.3, 0.4) is 0 Å². The quantitative estimate of drug-likeness (QED) is 0.862. The molecule has 0 aliphatic carbocycles. The van der Waals surface area contributed by atoms with Gasteiger partial charge in [-0.05, 0) is 34.0 Å². The lowest BCUT2D eigenvalue weighted by atomic mass is 10.1. The highest BCUT2D eigenvalue weighted by Crippen LogP contribution is 2.27. The number of rotatable bonds is 4. The molecule has 4 nitrogen and oxygen atoms in total. The van der Waals surface area contributed by atoms with Gasteiger partial charge in [-0.1, -0.05) is 42.9 Å². The highest BCUT2D eigenvalue weighted by atomic mass is 79.9. The molecular weight excluding hydrogens is 362 g/mol. The van der Waals surface area contributed by atoms with Gasteiger partial charge in [0.05, 0.1) is 10.6 Å². The van der Waals surface area contributed by atoms with Gasteiger partial charge in [0.1, 0.15) is 5.01 Å². The molecule has 1 aromatic heterocycles. The molecule has 0 saturated heterocycles. The van der Waals surface area contributed by atoms with Gasteiger partial charge in [0, 0.05) is 10.9 Å². The van der Waals surface area contributed by atoms with Crippen LogP contribution in [0, 0.1) is 5.92 Å². The smallest absolute Gasteiger partial charge is 0.259 e. The highest BCUT2D eigenvalue weighted by molar-refractivity contribution is 9.10. The van der Waals surface area contributed by atoms with E-state index in [9.17, 15) is 4.79 Å². The van der Waals surface area contributed by atoms with Crippen LogP contribution in [0.2, 0.25) is 5.02 Å². The Morgan fingerprint density at radius 1 is 1.45 bits per heavy atom. The van der Waals surface area contributed by atoms with E-state index in [-0.39, 0.29) is 5.91 Å². The molecule has 0 spiro atoms. The van der Waals surface area contributed by atoms with Crippen LogP contribution in [0.5, 0.6) is 0 Å². The number of nitrogens with zero attached hydrogens (tertiary/aromatic N) is 2. The first-order chi connectivity index (χ1) is 9.47. The van der Waals surface area contributed by atoms with Crippen LogP contribution in [0.25, 0.3) is 0 Å². The van der Waals surface area contributed by atoms with Crippen molar-refractivity contribution < 1.29 is 4.79 Å². The Bertz CT molecular complexity index is 630. The van der Waals surface area contributed by atoms with Crippen molar-refractivity contribution in [3.63, 3.8) is 0 Å². The topological polar surface area (TPSA) is 54.9 Å². The molecule has 0 aliphatic heterocycles. The van der Waals surface area contributed by atoms with Crippen molar-refractivity contribution in [1.82, 2.24) is 10.2 Å². The van der Waals surface area contributed by atoms with Gasteiger partial charge in [0.25, 0.3) is 5.91 Å². The average Bonchev–Trinajstić information content (AvgIpc) is 2.79. The molecular formula is C13H13BrClN3OS. The lowest BCUT2D eigenvalue weighted by molar-refractivity contribution is 0.102. The fraction of sp³-hybridized carbons (Fsp3) is 0.308. The minimum absolute atomic E-state index is 0.288. The minimum atomic E-state index is -0.288. The molecule has 0 atom stereocenters. The van der Waals surface area contributed by atoms with E-state index >= 15 is 0 Å². The summed E-state index contributed by atoms with van der Waals surface area (Å²) in [6.07, 6.45) is 0.852. The Hall–Kier alpha value is -0.980. The van der Waals surface area contributed by atoms with Crippen LogP contribution in [0.4, 0.5) is 5.13 Å². The van der Waals surface area contributed by atoms with Crippen molar-refractivity contribution in [2.45, 2.75) is 20.3 Å². The lowest BCUT2D eigenvalue weighted by Crippen LogP contribution is -2.12. The van der Waals surface area contributed by atoms with E-state index in [1.807, 2.05) is 0 Å². The van der Waals surface area contributed by atoms with Gasteiger partial charge in [-0.3, -0.25) is 10.1 Å². The highest BCUT2D eigenvalue weighted by Gasteiger charge is 2.15. The number of anilines is 1. The van der Waals surface area contributed by atoms with E-state index in [0.29, 0.717) is 26.1 Å². The summed E-state index contributed by atoms with van der Waals surface area (Å²) in [6, 6.07) is 5.21. The average molecular weight is 375 g/mol. The van der Waals surface area contributed by atoms with Gasteiger partial charge in [0.2, 0.25) is 5.13 Å². The Morgan fingerprint density at radius 3 is 2.90 bits per heavy atom. The number of carbonyl (C=O) groups is 1. The number of halogens is 2. The van der Waals surface area contributed by atoms with Crippen LogP contribution < -0.4 is 5.32 Å². The van der Waals surface area contributed by atoms with Gasteiger partial charge in [-0.25, -0.2) is 0 Å². The molecule has 0 fully saturated rings. The van der Waals surface area contributed by atoms with Crippen LogP contribution in [-0.4, -0.2) is 16.1 Å². The zero-order valence-electron chi connectivity index (χ0n) is 11.0. The zero-order chi connectivity index (χ0) is 14.7. The molecule has 20 heavy (non-hydrogen) atoms. The van der Waals surface area contributed by atoms with E-state index in [2.05, 4.69) is 45.3 Å². The van der Waals surface area contributed by atoms with Gasteiger partial charge in [-0.15, -0.1) is 10.2 Å². The Morgan fingerprint density at radius 2 is 2.20 bits per heavy atom. The molecule has 0 unspecified atom stereocenters. The molecule has 1 heterocycles. The molecule has 0 bridgehead atoms. The Kier molecular flexibility index (Phi) is 5.12. The van der Waals surface area contributed by atoms with E-state index in [1.165, 1.54) is 11.3 Å². The first-order valence-corrected chi connectivity index (χ1v) is 8.04.